The Bertz CT molecular complexity index is 834. The second-order valence-electron chi connectivity index (χ2n) is 6.38. The Morgan fingerprint density at radius 2 is 1.64 bits per heavy atom. The van der Waals surface area contributed by atoms with Crippen LogP contribution in [0.4, 0.5) is 0 Å². The van der Waals surface area contributed by atoms with Gasteiger partial charge < -0.3 is 14.2 Å². The van der Waals surface area contributed by atoms with Gasteiger partial charge in [0.15, 0.2) is 11.5 Å². The molecular weight excluding hydrogens is 368 g/mol. The van der Waals surface area contributed by atoms with E-state index in [4.69, 9.17) is 14.2 Å². The second-order valence-corrected chi connectivity index (χ2v) is 6.38. The smallest absolute Gasteiger partial charge is 0.253 e. The van der Waals surface area contributed by atoms with Crippen LogP contribution in [0.15, 0.2) is 6.07 Å². The lowest BCUT2D eigenvalue weighted by atomic mass is 9.97. The number of benzene rings is 1. The van der Waals surface area contributed by atoms with Crippen LogP contribution in [-0.4, -0.2) is 67.3 Å². The van der Waals surface area contributed by atoms with Crippen molar-refractivity contribution in [3.05, 3.63) is 17.2 Å². The molecule has 9 heteroatoms. The summed E-state index contributed by atoms with van der Waals surface area (Å²) in [5.41, 5.74) is 1.19. The van der Waals surface area contributed by atoms with Gasteiger partial charge in [0.25, 0.3) is 5.91 Å². The molecule has 4 amide bonds. The Labute approximate surface area is 163 Å². The molecule has 1 saturated heterocycles. The summed E-state index contributed by atoms with van der Waals surface area (Å²) in [5, 5.41) is 0. The Morgan fingerprint density at radius 1 is 1.04 bits per heavy atom. The molecule has 1 heterocycles. The average molecular weight is 392 g/mol. The van der Waals surface area contributed by atoms with E-state index in [0.29, 0.717) is 28.4 Å². The standard InChI is InChI=1S/C19H24N2O7/c1-10-17(27-5)13(8-15(26-4)18(10)28-6)7-14-19(25)20(11(2)22)9-16(24)21(14)12(3)23/h8,14H,7,9H2,1-6H3. The summed E-state index contributed by atoms with van der Waals surface area (Å²) < 4.78 is 16.2. The summed E-state index contributed by atoms with van der Waals surface area (Å²) in [6.45, 7) is 3.72. The van der Waals surface area contributed by atoms with Crippen molar-refractivity contribution in [2.24, 2.45) is 0 Å². The zero-order valence-corrected chi connectivity index (χ0v) is 16.8. The van der Waals surface area contributed by atoms with Crippen LogP contribution in [0.25, 0.3) is 0 Å². The number of hydrogen-bond acceptors (Lipinski definition) is 7. The third-order valence-electron chi connectivity index (χ3n) is 4.69. The van der Waals surface area contributed by atoms with E-state index in [9.17, 15) is 19.2 Å². The van der Waals surface area contributed by atoms with Gasteiger partial charge in [-0.2, -0.15) is 0 Å². The van der Waals surface area contributed by atoms with Crippen LogP contribution in [0, 0.1) is 6.92 Å². The van der Waals surface area contributed by atoms with Gasteiger partial charge in [-0.05, 0) is 13.0 Å². The lowest BCUT2D eigenvalue weighted by Gasteiger charge is -2.37. The van der Waals surface area contributed by atoms with E-state index in [0.717, 1.165) is 9.80 Å². The number of methoxy groups -OCH3 is 3. The minimum Gasteiger partial charge on any atom is -0.496 e. The predicted molar refractivity (Wildman–Crippen MR) is 98.2 cm³/mol. The van der Waals surface area contributed by atoms with Crippen LogP contribution in [0.1, 0.15) is 25.0 Å². The van der Waals surface area contributed by atoms with Crippen molar-refractivity contribution >= 4 is 23.6 Å². The molecule has 0 bridgehead atoms. The van der Waals surface area contributed by atoms with E-state index < -0.39 is 36.2 Å². The van der Waals surface area contributed by atoms with Gasteiger partial charge in [0, 0.05) is 31.4 Å². The molecule has 0 spiro atoms. The molecule has 28 heavy (non-hydrogen) atoms. The molecular formula is C19H24N2O7. The first-order valence-corrected chi connectivity index (χ1v) is 8.60. The Kier molecular flexibility index (Phi) is 6.27. The number of rotatable bonds is 5. The van der Waals surface area contributed by atoms with E-state index in [2.05, 4.69) is 0 Å². The van der Waals surface area contributed by atoms with Gasteiger partial charge in [-0.3, -0.25) is 29.0 Å². The van der Waals surface area contributed by atoms with Gasteiger partial charge in [-0.15, -0.1) is 0 Å². The summed E-state index contributed by atoms with van der Waals surface area (Å²) >= 11 is 0. The van der Waals surface area contributed by atoms with Gasteiger partial charge in [0.2, 0.25) is 17.7 Å². The fourth-order valence-electron chi connectivity index (χ4n) is 3.46. The first kappa shape index (κ1) is 21.2. The van der Waals surface area contributed by atoms with Crippen molar-refractivity contribution < 1.29 is 33.4 Å². The second kappa shape index (κ2) is 8.28. The molecule has 1 atom stereocenters. The SMILES string of the molecule is COc1cc(CC2C(=O)N(C(C)=O)CC(=O)N2C(C)=O)c(OC)c(C)c1OC. The molecule has 1 aliphatic rings. The minimum absolute atomic E-state index is 0.0295. The Hall–Kier alpha value is -3.10. The molecule has 0 N–H and O–H groups in total. The summed E-state index contributed by atoms with van der Waals surface area (Å²) in [5.74, 6) is -1.00. The summed E-state index contributed by atoms with van der Waals surface area (Å²) in [6, 6.07) is 0.474. The average Bonchev–Trinajstić information content (AvgIpc) is 2.63. The van der Waals surface area contributed by atoms with E-state index in [1.807, 2.05) is 0 Å². The van der Waals surface area contributed by atoms with Crippen LogP contribution in [0.5, 0.6) is 17.2 Å². The number of hydrogen-bond donors (Lipinski definition) is 0. The molecule has 0 saturated carbocycles. The van der Waals surface area contributed by atoms with Crippen molar-refractivity contribution in [1.29, 1.82) is 0 Å². The third kappa shape index (κ3) is 3.64. The Morgan fingerprint density at radius 3 is 2.11 bits per heavy atom. The molecule has 9 nitrogen and oxygen atoms in total. The van der Waals surface area contributed by atoms with Crippen LogP contribution in [-0.2, 0) is 25.6 Å². The van der Waals surface area contributed by atoms with E-state index in [1.165, 1.54) is 35.2 Å². The molecule has 1 unspecified atom stereocenters. The van der Waals surface area contributed by atoms with Crippen LogP contribution in [0.3, 0.4) is 0 Å². The van der Waals surface area contributed by atoms with E-state index in [1.54, 1.807) is 13.0 Å². The quantitative estimate of drug-likeness (QED) is 0.727. The summed E-state index contributed by atoms with van der Waals surface area (Å²) in [6.07, 6.45) is -0.0295. The van der Waals surface area contributed by atoms with Gasteiger partial charge in [-0.1, -0.05) is 0 Å². The first-order chi connectivity index (χ1) is 13.2. The molecule has 1 fully saturated rings. The molecule has 152 valence electrons. The van der Waals surface area contributed by atoms with Gasteiger partial charge in [-0.25, -0.2) is 0 Å². The predicted octanol–water partition coefficient (Wildman–Crippen LogP) is 0.696. The van der Waals surface area contributed by atoms with Gasteiger partial charge >= 0.3 is 0 Å². The monoisotopic (exact) mass is 392 g/mol. The first-order valence-electron chi connectivity index (χ1n) is 8.60. The normalized spacial score (nSPS) is 16.9. The number of carbonyl (C=O) groups is 4. The maximum Gasteiger partial charge on any atom is 0.253 e. The lowest BCUT2D eigenvalue weighted by Crippen LogP contribution is -2.62. The van der Waals surface area contributed by atoms with Crippen molar-refractivity contribution in [1.82, 2.24) is 9.80 Å². The highest BCUT2D eigenvalue weighted by Gasteiger charge is 2.43. The molecule has 2 rings (SSSR count). The maximum absolute atomic E-state index is 12.9. The largest absolute Gasteiger partial charge is 0.496 e. The van der Waals surface area contributed by atoms with Gasteiger partial charge in [0.05, 0.1) is 21.3 Å². The van der Waals surface area contributed by atoms with Crippen LogP contribution in [0.2, 0.25) is 0 Å². The highest BCUT2D eigenvalue weighted by Crippen LogP contribution is 2.40. The van der Waals surface area contributed by atoms with Crippen molar-refractivity contribution in [2.45, 2.75) is 33.2 Å². The molecule has 1 aromatic rings. The molecule has 1 aliphatic heterocycles. The van der Waals surface area contributed by atoms with Crippen molar-refractivity contribution in [3.63, 3.8) is 0 Å². The van der Waals surface area contributed by atoms with E-state index >= 15 is 0 Å². The molecule has 0 aromatic heterocycles. The summed E-state index contributed by atoms with van der Waals surface area (Å²) in [4.78, 5) is 50.9. The Balaban J connectivity index is 2.57. The minimum atomic E-state index is -1.16. The number of piperazine rings is 1. The number of imide groups is 2. The number of carbonyl (C=O) groups excluding carboxylic acids is 4. The summed E-state index contributed by atoms with van der Waals surface area (Å²) in [7, 11) is 4.44. The zero-order valence-electron chi connectivity index (χ0n) is 16.8. The third-order valence-corrected chi connectivity index (χ3v) is 4.69. The molecule has 0 radical (unpaired) electrons. The lowest BCUT2D eigenvalue weighted by molar-refractivity contribution is -0.166. The van der Waals surface area contributed by atoms with Crippen LogP contribution >= 0.6 is 0 Å². The molecule has 0 aliphatic carbocycles. The number of amides is 4. The highest BCUT2D eigenvalue weighted by atomic mass is 16.5. The highest BCUT2D eigenvalue weighted by molar-refractivity contribution is 6.09. The fourth-order valence-corrected chi connectivity index (χ4v) is 3.46. The van der Waals surface area contributed by atoms with Crippen molar-refractivity contribution in [3.8, 4) is 17.2 Å². The zero-order chi connectivity index (χ0) is 21.2. The molecule has 1 aromatic carbocycles. The fraction of sp³-hybridized carbons (Fsp3) is 0.474. The van der Waals surface area contributed by atoms with Crippen LogP contribution < -0.4 is 14.2 Å². The van der Waals surface area contributed by atoms with E-state index in [-0.39, 0.29) is 6.42 Å². The number of nitrogens with zero attached hydrogens (tertiary/aromatic N) is 2. The maximum atomic E-state index is 12.9. The van der Waals surface area contributed by atoms with Crippen molar-refractivity contribution in [2.75, 3.05) is 27.9 Å². The topological polar surface area (TPSA) is 102 Å². The van der Waals surface area contributed by atoms with Gasteiger partial charge in [0.1, 0.15) is 18.3 Å². The number of ether oxygens (including phenoxy) is 3.